The van der Waals surface area contributed by atoms with E-state index in [0.717, 1.165) is 0 Å². The Morgan fingerprint density at radius 3 is 2.31 bits per heavy atom. The first-order chi connectivity index (χ1) is 15.4. The maximum absolute atomic E-state index is 12.7. The summed E-state index contributed by atoms with van der Waals surface area (Å²) in [5.41, 5.74) is 0.659. The molecular weight excluding hydrogens is 436 g/mol. The minimum atomic E-state index is -3.60. The third-order valence-electron chi connectivity index (χ3n) is 4.69. The van der Waals surface area contributed by atoms with E-state index in [4.69, 9.17) is 23.2 Å². The molecule has 0 fully saturated rings. The molecular formula is C22H20N2O7S. The molecule has 0 bridgehead atoms. The van der Waals surface area contributed by atoms with Gasteiger partial charge in [-0.1, -0.05) is 5.16 Å². The van der Waals surface area contributed by atoms with Crippen LogP contribution < -0.4 is 14.2 Å². The van der Waals surface area contributed by atoms with E-state index in [-0.39, 0.29) is 28.1 Å². The topological polar surface area (TPSA) is 114 Å². The molecule has 0 saturated heterocycles. The summed E-state index contributed by atoms with van der Waals surface area (Å²) < 4.78 is 51.9. The first-order valence-corrected chi connectivity index (χ1v) is 11.1. The number of benzene rings is 2. The van der Waals surface area contributed by atoms with Gasteiger partial charge in [-0.05, 0) is 54.6 Å². The molecule has 0 aliphatic carbocycles. The number of aromatic nitrogens is 2. The molecule has 2 aromatic carbocycles. The second-order valence-corrected chi connectivity index (χ2v) is 8.68. The molecule has 0 N–H and O–H groups in total. The molecule has 2 heterocycles. The highest BCUT2D eigenvalue weighted by molar-refractivity contribution is 7.90. The summed E-state index contributed by atoms with van der Waals surface area (Å²) in [6.45, 7) is 0. The average molecular weight is 456 g/mol. The van der Waals surface area contributed by atoms with Crippen molar-refractivity contribution >= 4 is 9.84 Å². The predicted octanol–water partition coefficient (Wildman–Crippen LogP) is 4.00. The minimum absolute atomic E-state index is 0.128. The molecule has 4 rings (SSSR count). The Morgan fingerprint density at radius 2 is 1.62 bits per heavy atom. The van der Waals surface area contributed by atoms with Gasteiger partial charge in [-0.3, -0.25) is 0 Å². The zero-order valence-electron chi connectivity index (χ0n) is 17.6. The smallest absolute Gasteiger partial charge is 0.293 e. The van der Waals surface area contributed by atoms with Crippen molar-refractivity contribution in [3.05, 3.63) is 60.4 Å². The molecule has 10 heteroatoms. The van der Waals surface area contributed by atoms with Gasteiger partial charge >= 0.3 is 0 Å². The van der Waals surface area contributed by atoms with Crippen LogP contribution in [0.15, 0.2) is 68.4 Å². The number of ether oxygens (including phenoxy) is 3. The van der Waals surface area contributed by atoms with Crippen molar-refractivity contribution in [2.24, 2.45) is 0 Å². The van der Waals surface area contributed by atoms with Crippen LogP contribution in [0.3, 0.4) is 0 Å². The molecule has 0 saturated carbocycles. The fourth-order valence-corrected chi connectivity index (χ4v) is 4.29. The average Bonchev–Trinajstić information content (AvgIpc) is 3.48. The van der Waals surface area contributed by atoms with Gasteiger partial charge in [0.1, 0.15) is 17.3 Å². The maximum Gasteiger partial charge on any atom is 0.293 e. The number of sulfone groups is 1. The van der Waals surface area contributed by atoms with E-state index in [1.807, 2.05) is 0 Å². The standard InChI is InChI=1S/C22H20N2O7S/c1-27-15-5-8-17(9-6-15)32(25,26)13-16-7-11-19(30-16)22-23-21(24-31-22)14-4-10-18(28-2)20(12-14)29-3/h4-12H,13H2,1-3H3. The highest BCUT2D eigenvalue weighted by atomic mass is 32.2. The fourth-order valence-electron chi connectivity index (χ4n) is 3.04. The van der Waals surface area contributed by atoms with E-state index in [1.165, 1.54) is 26.4 Å². The van der Waals surface area contributed by atoms with Gasteiger partial charge in [0.15, 0.2) is 27.1 Å². The Bertz CT molecular complexity index is 1320. The number of nitrogens with zero attached hydrogens (tertiary/aromatic N) is 2. The molecule has 0 radical (unpaired) electrons. The molecule has 0 unspecified atom stereocenters. The Kier molecular flexibility index (Phi) is 5.87. The molecule has 32 heavy (non-hydrogen) atoms. The number of furan rings is 1. The van der Waals surface area contributed by atoms with Crippen LogP contribution in [0.5, 0.6) is 17.2 Å². The lowest BCUT2D eigenvalue weighted by Gasteiger charge is -2.07. The van der Waals surface area contributed by atoms with E-state index < -0.39 is 9.84 Å². The first-order valence-electron chi connectivity index (χ1n) is 9.45. The van der Waals surface area contributed by atoms with Crippen molar-refractivity contribution in [3.63, 3.8) is 0 Å². The lowest BCUT2D eigenvalue weighted by Crippen LogP contribution is -2.04. The van der Waals surface area contributed by atoms with Gasteiger partial charge in [-0.25, -0.2) is 8.42 Å². The first kappa shape index (κ1) is 21.4. The summed E-state index contributed by atoms with van der Waals surface area (Å²) in [7, 11) is 0.999. The zero-order valence-corrected chi connectivity index (χ0v) is 18.4. The summed E-state index contributed by atoms with van der Waals surface area (Å²) in [6.07, 6.45) is 0. The van der Waals surface area contributed by atoms with Crippen molar-refractivity contribution in [2.75, 3.05) is 21.3 Å². The molecule has 2 aromatic heterocycles. The lowest BCUT2D eigenvalue weighted by molar-refractivity contribution is 0.355. The highest BCUT2D eigenvalue weighted by Crippen LogP contribution is 2.32. The van der Waals surface area contributed by atoms with Crippen LogP contribution in [0.2, 0.25) is 0 Å². The third kappa shape index (κ3) is 4.30. The number of methoxy groups -OCH3 is 3. The zero-order chi connectivity index (χ0) is 22.7. The van der Waals surface area contributed by atoms with E-state index in [0.29, 0.717) is 28.6 Å². The van der Waals surface area contributed by atoms with E-state index in [2.05, 4.69) is 10.1 Å². The van der Waals surface area contributed by atoms with Gasteiger partial charge in [-0.15, -0.1) is 0 Å². The SMILES string of the molecule is COc1ccc(S(=O)(=O)Cc2ccc(-c3nc(-c4ccc(OC)c(OC)c4)no3)o2)cc1. The van der Waals surface area contributed by atoms with Crippen LogP contribution in [0.4, 0.5) is 0 Å². The van der Waals surface area contributed by atoms with E-state index in [1.54, 1.807) is 49.6 Å². The molecule has 9 nitrogen and oxygen atoms in total. The largest absolute Gasteiger partial charge is 0.497 e. The summed E-state index contributed by atoms with van der Waals surface area (Å²) in [5.74, 6) is 2.34. The molecule has 0 amide bonds. The van der Waals surface area contributed by atoms with Crippen LogP contribution in [-0.2, 0) is 15.6 Å². The maximum atomic E-state index is 12.7. The van der Waals surface area contributed by atoms with E-state index in [9.17, 15) is 8.42 Å². The van der Waals surface area contributed by atoms with Gasteiger partial charge in [0.2, 0.25) is 5.82 Å². The minimum Gasteiger partial charge on any atom is -0.497 e. The Morgan fingerprint density at radius 1 is 0.875 bits per heavy atom. The van der Waals surface area contributed by atoms with Gasteiger partial charge in [0.05, 0.1) is 26.2 Å². The van der Waals surface area contributed by atoms with Crippen LogP contribution in [0, 0.1) is 0 Å². The monoisotopic (exact) mass is 456 g/mol. The molecule has 166 valence electrons. The van der Waals surface area contributed by atoms with Crippen LogP contribution >= 0.6 is 0 Å². The molecule has 0 aliphatic heterocycles. The summed E-state index contributed by atoms with van der Waals surface area (Å²) in [6, 6.07) is 14.5. The van der Waals surface area contributed by atoms with Crippen molar-refractivity contribution in [3.8, 4) is 40.3 Å². The second-order valence-electron chi connectivity index (χ2n) is 6.69. The number of rotatable bonds is 8. The van der Waals surface area contributed by atoms with Crippen molar-refractivity contribution in [2.45, 2.75) is 10.6 Å². The summed E-state index contributed by atoms with van der Waals surface area (Å²) >= 11 is 0. The second kappa shape index (κ2) is 8.75. The lowest BCUT2D eigenvalue weighted by atomic mass is 10.2. The quantitative estimate of drug-likeness (QED) is 0.388. The molecule has 0 aliphatic rings. The summed E-state index contributed by atoms with van der Waals surface area (Å²) in [4.78, 5) is 4.51. The fraction of sp³-hybridized carbons (Fsp3) is 0.182. The van der Waals surface area contributed by atoms with Gasteiger partial charge in [-0.2, -0.15) is 4.98 Å². The van der Waals surface area contributed by atoms with Crippen molar-refractivity contribution in [1.82, 2.24) is 10.1 Å². The summed E-state index contributed by atoms with van der Waals surface area (Å²) in [5, 5.41) is 3.97. The third-order valence-corrected chi connectivity index (χ3v) is 6.35. The van der Waals surface area contributed by atoms with Crippen LogP contribution in [0.1, 0.15) is 5.76 Å². The Balaban J connectivity index is 1.54. The van der Waals surface area contributed by atoms with Gasteiger partial charge in [0, 0.05) is 5.56 Å². The van der Waals surface area contributed by atoms with Crippen molar-refractivity contribution in [1.29, 1.82) is 0 Å². The molecule has 0 atom stereocenters. The highest BCUT2D eigenvalue weighted by Gasteiger charge is 2.20. The Labute approximate surface area is 184 Å². The molecule has 0 spiro atoms. The number of hydrogen-bond acceptors (Lipinski definition) is 9. The predicted molar refractivity (Wildman–Crippen MR) is 114 cm³/mol. The number of hydrogen-bond donors (Lipinski definition) is 0. The Hall–Kier alpha value is -3.79. The van der Waals surface area contributed by atoms with Crippen molar-refractivity contribution < 1.29 is 31.6 Å². The van der Waals surface area contributed by atoms with E-state index >= 15 is 0 Å². The van der Waals surface area contributed by atoms with Gasteiger partial charge < -0.3 is 23.2 Å². The molecule has 4 aromatic rings. The van der Waals surface area contributed by atoms with Crippen LogP contribution in [-0.4, -0.2) is 39.9 Å². The normalized spacial score (nSPS) is 11.3. The van der Waals surface area contributed by atoms with Crippen LogP contribution in [0.25, 0.3) is 23.0 Å². The van der Waals surface area contributed by atoms with Gasteiger partial charge in [0.25, 0.3) is 5.89 Å².